The molecule has 8 aromatic rings. The molecule has 2 saturated heterocycles. The molecule has 1 N–H and O–H groups in total. The summed E-state index contributed by atoms with van der Waals surface area (Å²) in [6.07, 6.45) is 1.64. The predicted octanol–water partition coefficient (Wildman–Crippen LogP) is 9.43. The van der Waals surface area contributed by atoms with Crippen LogP contribution in [0.25, 0.3) is 21.8 Å². The average molecular weight is 1070 g/mol. The number of carbonyl (C=O) groups excluding carboxylic acids is 4. The highest BCUT2D eigenvalue weighted by molar-refractivity contribution is 6.10. The number of piperazine rings is 2. The molecular weight excluding hydrogens is 1010 g/mol. The third-order valence-corrected chi connectivity index (χ3v) is 14.8. The molecule has 4 amide bonds. The largest absolute Gasteiger partial charge is 0.505 e. The van der Waals surface area contributed by atoms with Crippen molar-refractivity contribution < 1.29 is 47.3 Å². The standard InChI is InChI=1S/C37H33FN4O4.C24H23FN4O4/c1-40-19-21-41(22-20-40)37(44)46-34-29-13-8-18-39-32(29)35(45-33(26-9-4-2-5-10-26)27-11-6-3-7-12-27)31-30(34)24-42(36(31)43)23-25-14-16-28(38)17-15-25;1-27-9-11-28(12-10-27)24(32)33-22-17-3-2-8-26-20(17)21(30)19-18(22)14-29(23(19)31)13-15-4-6-16(25)7-5-15/h2-18,33H,19-24H2,1H3;2-8,30H,9-14H2,1H3. The number of phenols is 1. The molecule has 6 aromatic carbocycles. The lowest BCUT2D eigenvalue weighted by molar-refractivity contribution is 0.0755. The van der Waals surface area contributed by atoms with Gasteiger partial charge < -0.3 is 48.7 Å². The molecule has 0 unspecified atom stereocenters. The van der Waals surface area contributed by atoms with E-state index >= 15 is 0 Å². The number of amides is 4. The summed E-state index contributed by atoms with van der Waals surface area (Å²) in [7, 11) is 4.02. The molecule has 2 aromatic heterocycles. The first kappa shape index (κ1) is 52.1. The minimum absolute atomic E-state index is 0.0875. The first-order valence-electron chi connectivity index (χ1n) is 26.1. The van der Waals surface area contributed by atoms with E-state index in [1.165, 1.54) is 35.4 Å². The van der Waals surface area contributed by atoms with E-state index in [1.807, 2.05) is 80.8 Å². The lowest BCUT2D eigenvalue weighted by Crippen LogP contribution is -2.48. The number of nitrogens with zero attached hydrogens (tertiary/aromatic N) is 8. The monoisotopic (exact) mass is 1070 g/mol. The van der Waals surface area contributed by atoms with Crippen LogP contribution in [-0.2, 0) is 26.2 Å². The first-order chi connectivity index (χ1) is 38.4. The Morgan fingerprint density at radius 1 is 0.532 bits per heavy atom. The van der Waals surface area contributed by atoms with Gasteiger partial charge in [0.05, 0.1) is 24.2 Å². The van der Waals surface area contributed by atoms with Gasteiger partial charge in [-0.25, -0.2) is 18.4 Å². The van der Waals surface area contributed by atoms with Crippen molar-refractivity contribution in [3.63, 3.8) is 0 Å². The van der Waals surface area contributed by atoms with Gasteiger partial charge in [-0.05, 0) is 84.9 Å². The van der Waals surface area contributed by atoms with Crippen LogP contribution < -0.4 is 14.2 Å². The molecule has 12 rings (SSSR count). The zero-order chi connectivity index (χ0) is 54.7. The highest BCUT2D eigenvalue weighted by Gasteiger charge is 2.40. The van der Waals surface area contributed by atoms with Gasteiger partial charge in [-0.3, -0.25) is 19.6 Å². The van der Waals surface area contributed by atoms with Crippen molar-refractivity contribution in [1.29, 1.82) is 0 Å². The minimum Gasteiger partial charge on any atom is -0.505 e. The summed E-state index contributed by atoms with van der Waals surface area (Å²) >= 11 is 0. The molecular formula is C61H56F2N8O8. The van der Waals surface area contributed by atoms with Crippen molar-refractivity contribution >= 4 is 45.8 Å². The smallest absolute Gasteiger partial charge is 0.415 e. The lowest BCUT2D eigenvalue weighted by atomic mass is 9.99. The molecule has 0 bridgehead atoms. The van der Waals surface area contributed by atoms with Crippen molar-refractivity contribution in [2.24, 2.45) is 0 Å². The number of fused-ring (bicyclic) bond motifs is 4. The normalized spacial score (nSPS) is 15.6. The van der Waals surface area contributed by atoms with Crippen molar-refractivity contribution in [3.8, 4) is 23.0 Å². The number of ether oxygens (including phenoxy) is 3. The van der Waals surface area contributed by atoms with Crippen LogP contribution in [0.4, 0.5) is 18.4 Å². The quantitative estimate of drug-likeness (QED) is 0.138. The number of carbonyl (C=O) groups is 4. The Bertz CT molecular complexity index is 3540. The Kier molecular flexibility index (Phi) is 14.9. The molecule has 0 atom stereocenters. The highest BCUT2D eigenvalue weighted by Crippen LogP contribution is 2.48. The Hall–Kier alpha value is -9.00. The molecule has 2 fully saturated rings. The van der Waals surface area contributed by atoms with E-state index in [0.717, 1.165) is 48.4 Å². The zero-order valence-electron chi connectivity index (χ0n) is 43.6. The van der Waals surface area contributed by atoms with Crippen LogP contribution in [0.1, 0.15) is 60.2 Å². The molecule has 18 heteroatoms. The zero-order valence-corrected chi connectivity index (χ0v) is 43.6. The molecule has 16 nitrogen and oxygen atoms in total. The second kappa shape index (κ2) is 22.5. The van der Waals surface area contributed by atoms with E-state index in [4.69, 9.17) is 19.2 Å². The minimum atomic E-state index is -0.547. The van der Waals surface area contributed by atoms with Crippen molar-refractivity contribution in [2.75, 3.05) is 66.5 Å². The van der Waals surface area contributed by atoms with Gasteiger partial charge in [0.25, 0.3) is 11.8 Å². The van der Waals surface area contributed by atoms with Gasteiger partial charge in [0.1, 0.15) is 40.3 Å². The molecule has 79 heavy (non-hydrogen) atoms. The maximum absolute atomic E-state index is 14.4. The van der Waals surface area contributed by atoms with Gasteiger partial charge in [-0.15, -0.1) is 0 Å². The van der Waals surface area contributed by atoms with Crippen LogP contribution in [0.3, 0.4) is 0 Å². The Morgan fingerprint density at radius 2 is 0.949 bits per heavy atom. The topological polar surface area (TPSA) is 161 Å². The summed E-state index contributed by atoms with van der Waals surface area (Å²) in [5, 5.41) is 11.9. The lowest BCUT2D eigenvalue weighted by Gasteiger charge is -2.31. The number of hydrogen-bond donors (Lipinski definition) is 1. The van der Waals surface area contributed by atoms with Gasteiger partial charge in [-0.2, -0.15) is 0 Å². The number of pyridine rings is 2. The summed E-state index contributed by atoms with van der Waals surface area (Å²) < 4.78 is 45.9. The van der Waals surface area contributed by atoms with Gasteiger partial charge >= 0.3 is 12.2 Å². The maximum atomic E-state index is 14.4. The average Bonchev–Trinajstić information content (AvgIpc) is 4.24. The number of aromatic hydroxyl groups is 1. The van der Waals surface area contributed by atoms with Crippen LogP contribution in [0.2, 0.25) is 0 Å². The fraction of sp³-hybridized carbons (Fsp3) is 0.246. The Balaban J connectivity index is 0.000000177. The molecule has 0 radical (unpaired) electrons. The summed E-state index contributed by atoms with van der Waals surface area (Å²) in [6, 6.07) is 38.6. The molecule has 4 aliphatic heterocycles. The highest BCUT2D eigenvalue weighted by atomic mass is 19.1. The van der Waals surface area contributed by atoms with Crippen molar-refractivity contribution in [3.05, 3.63) is 202 Å². The number of rotatable bonds is 10. The molecule has 6 heterocycles. The van der Waals surface area contributed by atoms with Gasteiger partial charge in [0.15, 0.2) is 11.5 Å². The SMILES string of the molecule is CN1CCN(C(=O)Oc2c3c(c(O)c4ncccc24)C(=O)N(Cc2ccc(F)cc2)C3)CC1.CN1CCN(C(=O)Oc2c3c(c(OC(c4ccccc4)c4ccccc4)c4ncccc24)C(=O)N(Cc2ccc(F)cc2)C3)CC1. The molecule has 0 saturated carbocycles. The second-order valence-electron chi connectivity index (χ2n) is 20.1. The number of halogens is 2. The summed E-state index contributed by atoms with van der Waals surface area (Å²) in [4.78, 5) is 73.8. The number of likely N-dealkylation sites (N-methyl/N-ethyl adjacent to an activating group) is 2. The number of benzene rings is 6. The van der Waals surface area contributed by atoms with Crippen LogP contribution in [-0.4, -0.2) is 135 Å². The van der Waals surface area contributed by atoms with Crippen LogP contribution in [0.15, 0.2) is 146 Å². The van der Waals surface area contributed by atoms with Crippen LogP contribution in [0, 0.1) is 11.6 Å². The fourth-order valence-electron chi connectivity index (χ4n) is 10.4. The summed E-state index contributed by atoms with van der Waals surface area (Å²) in [6.45, 7) is 5.94. The molecule has 402 valence electrons. The molecule has 0 spiro atoms. The third kappa shape index (κ3) is 10.8. The van der Waals surface area contributed by atoms with E-state index in [9.17, 15) is 33.1 Å². The van der Waals surface area contributed by atoms with E-state index in [1.54, 1.807) is 63.4 Å². The van der Waals surface area contributed by atoms with Crippen molar-refractivity contribution in [2.45, 2.75) is 32.3 Å². The van der Waals surface area contributed by atoms with Gasteiger partial charge in [0, 0.05) is 99.7 Å². The van der Waals surface area contributed by atoms with E-state index in [0.29, 0.717) is 70.7 Å². The third-order valence-electron chi connectivity index (χ3n) is 14.8. The van der Waals surface area contributed by atoms with Crippen LogP contribution >= 0.6 is 0 Å². The Labute approximate surface area is 454 Å². The summed E-state index contributed by atoms with van der Waals surface area (Å²) in [5.74, 6) is -0.734. The molecule has 0 aliphatic carbocycles. The van der Waals surface area contributed by atoms with Crippen LogP contribution in [0.5, 0.6) is 23.0 Å². The predicted molar refractivity (Wildman–Crippen MR) is 291 cm³/mol. The van der Waals surface area contributed by atoms with Crippen molar-refractivity contribution in [1.82, 2.24) is 39.4 Å². The number of hydrogen-bond acceptors (Lipinski definition) is 12. The fourth-order valence-corrected chi connectivity index (χ4v) is 10.4. The van der Waals surface area contributed by atoms with E-state index in [-0.39, 0.29) is 66.3 Å². The molecule has 4 aliphatic rings. The summed E-state index contributed by atoms with van der Waals surface area (Å²) in [5.41, 5.74) is 5.37. The van der Waals surface area contributed by atoms with Gasteiger partial charge in [0.2, 0.25) is 0 Å². The van der Waals surface area contributed by atoms with Gasteiger partial charge in [-0.1, -0.05) is 84.9 Å². The number of aromatic nitrogens is 2. The first-order valence-corrected chi connectivity index (χ1v) is 26.1. The Morgan fingerprint density at radius 3 is 1.42 bits per heavy atom. The van der Waals surface area contributed by atoms with E-state index in [2.05, 4.69) is 14.8 Å². The number of phenolic OH excluding ortho intramolecular Hbond substituents is 1. The van der Waals surface area contributed by atoms with E-state index < -0.39 is 24.2 Å². The maximum Gasteiger partial charge on any atom is 0.415 e. The second-order valence-corrected chi connectivity index (χ2v) is 20.1.